The van der Waals surface area contributed by atoms with Crippen molar-refractivity contribution < 1.29 is 18.7 Å². The fraction of sp³-hybridized carbons (Fsp3) is 0.440. The monoisotopic (exact) mass is 478 g/mol. The SMILES string of the molecule is NC(=O)c1cccnc1OC1CC2(CC(NC(=O)c3cnc4cc(N5CC[C@@H](F)C5)ccn34)C2)C1. The van der Waals surface area contributed by atoms with Crippen LogP contribution in [0.5, 0.6) is 5.88 Å². The number of hydrogen-bond acceptors (Lipinski definition) is 6. The number of nitrogens with one attached hydrogen (secondary N) is 1. The maximum atomic E-state index is 13.6. The first-order chi connectivity index (χ1) is 16.9. The van der Waals surface area contributed by atoms with E-state index in [1.807, 2.05) is 23.2 Å². The zero-order chi connectivity index (χ0) is 24.2. The van der Waals surface area contributed by atoms with Gasteiger partial charge in [-0.25, -0.2) is 14.4 Å². The molecule has 2 amide bonds. The number of aromatic nitrogens is 3. The molecule has 3 aromatic rings. The van der Waals surface area contributed by atoms with Gasteiger partial charge in [0.1, 0.15) is 29.2 Å². The molecule has 1 atom stereocenters. The molecule has 2 saturated carbocycles. The van der Waals surface area contributed by atoms with Gasteiger partial charge in [-0.3, -0.25) is 14.0 Å². The number of primary amides is 1. The molecule has 3 aliphatic rings. The molecule has 1 spiro atoms. The van der Waals surface area contributed by atoms with E-state index in [1.54, 1.807) is 28.9 Å². The summed E-state index contributed by atoms with van der Waals surface area (Å²) < 4.78 is 21.2. The molecule has 0 bridgehead atoms. The molecule has 2 aliphatic carbocycles. The van der Waals surface area contributed by atoms with Gasteiger partial charge in [0.05, 0.1) is 6.20 Å². The summed E-state index contributed by atoms with van der Waals surface area (Å²) >= 11 is 0. The number of pyridine rings is 2. The van der Waals surface area contributed by atoms with Crippen molar-refractivity contribution in [3.63, 3.8) is 0 Å². The Morgan fingerprint density at radius 1 is 1.20 bits per heavy atom. The Bertz CT molecular complexity index is 1300. The molecule has 35 heavy (non-hydrogen) atoms. The van der Waals surface area contributed by atoms with E-state index in [0.29, 0.717) is 36.4 Å². The topological polar surface area (TPSA) is 115 Å². The molecule has 0 aromatic carbocycles. The summed E-state index contributed by atoms with van der Waals surface area (Å²) in [5.41, 5.74) is 7.94. The first-order valence-corrected chi connectivity index (χ1v) is 12.0. The van der Waals surface area contributed by atoms with Gasteiger partial charge in [0.15, 0.2) is 0 Å². The predicted octanol–water partition coefficient (Wildman–Crippen LogP) is 2.50. The van der Waals surface area contributed by atoms with E-state index in [1.165, 1.54) is 0 Å². The summed E-state index contributed by atoms with van der Waals surface area (Å²) in [6.45, 7) is 1.09. The van der Waals surface area contributed by atoms with Crippen molar-refractivity contribution in [2.75, 3.05) is 18.0 Å². The molecule has 10 heteroatoms. The minimum Gasteiger partial charge on any atom is -0.474 e. The third-order valence-electron chi connectivity index (χ3n) is 7.56. The zero-order valence-corrected chi connectivity index (χ0v) is 19.2. The normalized spacial score (nSPS) is 27.5. The maximum absolute atomic E-state index is 13.6. The van der Waals surface area contributed by atoms with Crippen LogP contribution in [0.4, 0.5) is 10.1 Å². The number of fused-ring (bicyclic) bond motifs is 1. The van der Waals surface area contributed by atoms with E-state index in [2.05, 4.69) is 15.3 Å². The molecule has 9 nitrogen and oxygen atoms in total. The van der Waals surface area contributed by atoms with Crippen LogP contribution in [0.15, 0.2) is 42.9 Å². The zero-order valence-electron chi connectivity index (χ0n) is 19.2. The minimum atomic E-state index is -0.793. The molecule has 1 aliphatic heterocycles. The second-order valence-electron chi connectivity index (χ2n) is 10.0. The lowest BCUT2D eigenvalue weighted by Gasteiger charge is -2.57. The highest BCUT2D eigenvalue weighted by molar-refractivity contribution is 5.95. The Labute approximate surface area is 201 Å². The first kappa shape index (κ1) is 21.8. The summed E-state index contributed by atoms with van der Waals surface area (Å²) in [5, 5.41) is 3.12. The molecule has 0 radical (unpaired) electrons. The van der Waals surface area contributed by atoms with Gasteiger partial charge in [0.25, 0.3) is 11.8 Å². The number of imidazole rings is 1. The number of nitrogens with zero attached hydrogens (tertiary/aromatic N) is 4. The molecule has 3 N–H and O–H groups in total. The fourth-order valence-corrected chi connectivity index (χ4v) is 5.79. The van der Waals surface area contributed by atoms with E-state index in [4.69, 9.17) is 10.5 Å². The van der Waals surface area contributed by atoms with Crippen molar-refractivity contribution in [3.05, 3.63) is 54.1 Å². The molecular formula is C25H27FN6O3. The highest BCUT2D eigenvalue weighted by Gasteiger charge is 2.54. The number of ether oxygens (including phenoxy) is 1. The van der Waals surface area contributed by atoms with Gasteiger partial charge in [-0.1, -0.05) is 0 Å². The number of amides is 2. The molecule has 0 unspecified atom stereocenters. The standard InChI is InChI=1S/C25H27FN6O3/c26-15-3-6-31(14-15)17-4-7-32-20(13-29-21(32)8-17)23(34)30-16-9-25(10-16)11-18(12-25)35-24-19(22(27)33)2-1-5-28-24/h1-2,4-5,7-8,13,15-16,18H,3,6,9-12,14H2,(H2,27,33)(H,30,34)/t15-,16?,18?,25?/m1/s1. The molecular weight excluding hydrogens is 451 g/mol. The second-order valence-corrected chi connectivity index (χ2v) is 10.0. The second kappa shape index (κ2) is 8.21. The molecule has 1 saturated heterocycles. The van der Waals surface area contributed by atoms with Crippen LogP contribution in [-0.4, -0.2) is 57.6 Å². The summed E-state index contributed by atoms with van der Waals surface area (Å²) in [7, 11) is 0. The van der Waals surface area contributed by atoms with Crippen LogP contribution in [-0.2, 0) is 0 Å². The van der Waals surface area contributed by atoms with Gasteiger partial charge < -0.3 is 20.7 Å². The van der Waals surface area contributed by atoms with Gasteiger partial charge in [-0.2, -0.15) is 0 Å². The van der Waals surface area contributed by atoms with Crippen LogP contribution in [0.25, 0.3) is 5.65 Å². The third kappa shape index (κ3) is 3.96. The largest absolute Gasteiger partial charge is 0.474 e. The quantitative estimate of drug-likeness (QED) is 0.563. The molecule has 182 valence electrons. The van der Waals surface area contributed by atoms with Crippen molar-refractivity contribution >= 4 is 23.1 Å². The highest BCUT2D eigenvalue weighted by Crippen LogP contribution is 2.56. The van der Waals surface area contributed by atoms with Crippen LogP contribution in [0, 0.1) is 5.41 Å². The van der Waals surface area contributed by atoms with Crippen LogP contribution in [0.3, 0.4) is 0 Å². The minimum absolute atomic E-state index is 0.00379. The summed E-state index contributed by atoms with van der Waals surface area (Å²) in [5.74, 6) is -0.419. The number of rotatable bonds is 6. The Kier molecular flexibility index (Phi) is 5.12. The van der Waals surface area contributed by atoms with E-state index < -0.39 is 12.1 Å². The van der Waals surface area contributed by atoms with E-state index in [9.17, 15) is 14.0 Å². The molecule has 3 aromatic heterocycles. The number of nitrogens with two attached hydrogens (primary N) is 1. The van der Waals surface area contributed by atoms with Crippen molar-refractivity contribution in [2.45, 2.75) is 50.4 Å². The lowest BCUT2D eigenvalue weighted by Crippen LogP contribution is -2.58. The van der Waals surface area contributed by atoms with Gasteiger partial charge in [-0.15, -0.1) is 0 Å². The van der Waals surface area contributed by atoms with Crippen molar-refractivity contribution in [1.29, 1.82) is 0 Å². The Morgan fingerprint density at radius 2 is 2.03 bits per heavy atom. The molecule has 4 heterocycles. The number of carbonyl (C=O) groups excluding carboxylic acids is 2. The first-order valence-electron chi connectivity index (χ1n) is 12.0. The lowest BCUT2D eigenvalue weighted by molar-refractivity contribution is -0.0848. The van der Waals surface area contributed by atoms with E-state index in [0.717, 1.165) is 31.4 Å². The smallest absolute Gasteiger partial charge is 0.270 e. The Balaban J connectivity index is 1.03. The van der Waals surface area contributed by atoms with Crippen LogP contribution >= 0.6 is 0 Å². The highest BCUT2D eigenvalue weighted by atomic mass is 19.1. The number of carbonyl (C=O) groups is 2. The average molecular weight is 479 g/mol. The van der Waals surface area contributed by atoms with Gasteiger partial charge in [0.2, 0.25) is 5.88 Å². The van der Waals surface area contributed by atoms with E-state index >= 15 is 0 Å². The van der Waals surface area contributed by atoms with Gasteiger partial charge in [-0.05, 0) is 55.7 Å². The van der Waals surface area contributed by atoms with Crippen molar-refractivity contribution in [1.82, 2.24) is 19.7 Å². The molecule has 6 rings (SSSR count). The van der Waals surface area contributed by atoms with Gasteiger partial charge in [0, 0.05) is 43.3 Å². The number of halogens is 1. The summed E-state index contributed by atoms with van der Waals surface area (Å²) in [6, 6.07) is 7.18. The maximum Gasteiger partial charge on any atom is 0.270 e. The summed E-state index contributed by atoms with van der Waals surface area (Å²) in [6.07, 6.45) is 8.25. The molecule has 3 fully saturated rings. The van der Waals surface area contributed by atoms with Crippen LogP contribution in [0.1, 0.15) is 53.0 Å². The fourth-order valence-electron chi connectivity index (χ4n) is 5.79. The van der Waals surface area contributed by atoms with E-state index in [-0.39, 0.29) is 29.3 Å². The number of anilines is 1. The lowest BCUT2D eigenvalue weighted by atomic mass is 9.53. The third-order valence-corrected chi connectivity index (χ3v) is 7.56. The average Bonchev–Trinajstić information content (AvgIpc) is 3.42. The van der Waals surface area contributed by atoms with Gasteiger partial charge >= 0.3 is 0 Å². The Hall–Kier alpha value is -3.69. The number of hydrogen-bond donors (Lipinski definition) is 2. The van der Waals surface area contributed by atoms with Crippen LogP contribution in [0.2, 0.25) is 0 Å². The Morgan fingerprint density at radius 3 is 2.77 bits per heavy atom. The predicted molar refractivity (Wildman–Crippen MR) is 126 cm³/mol. The van der Waals surface area contributed by atoms with Crippen molar-refractivity contribution in [2.24, 2.45) is 11.1 Å². The van der Waals surface area contributed by atoms with Crippen LogP contribution < -0.4 is 20.7 Å². The number of alkyl halides is 1. The summed E-state index contributed by atoms with van der Waals surface area (Å²) in [4.78, 5) is 35.0. The van der Waals surface area contributed by atoms with Crippen molar-refractivity contribution in [3.8, 4) is 5.88 Å².